The molecule has 3 fully saturated rings. The molecule has 3 heterocycles. The van der Waals surface area contributed by atoms with E-state index in [-0.39, 0.29) is 5.91 Å². The van der Waals surface area contributed by atoms with Crippen LogP contribution in [0, 0.1) is 0 Å². The lowest BCUT2D eigenvalue weighted by Gasteiger charge is -2.25. The number of carbonyl (C=O) groups is 1. The maximum Gasteiger partial charge on any atom is 0.276 e. The number of likely N-dealkylation sites (tertiary alicyclic amines) is 1. The van der Waals surface area contributed by atoms with E-state index in [2.05, 4.69) is 5.16 Å². The molecule has 0 N–H and O–H groups in total. The Kier molecular flexibility index (Phi) is 2.06. The minimum Gasteiger partial charge on any atom is -0.360 e. The van der Waals surface area contributed by atoms with Crippen molar-refractivity contribution in [1.29, 1.82) is 0 Å². The fourth-order valence-electron chi connectivity index (χ4n) is 2.75. The Morgan fingerprint density at radius 2 is 2.41 bits per heavy atom. The largest absolute Gasteiger partial charge is 0.360 e. The molecule has 1 saturated carbocycles. The lowest BCUT2D eigenvalue weighted by atomic mass is 10.2. The second-order valence-electron chi connectivity index (χ2n) is 5.19. The summed E-state index contributed by atoms with van der Waals surface area (Å²) >= 11 is 1.99. The molecule has 2 atom stereocenters. The number of hydrogen-bond donors (Lipinski definition) is 0. The summed E-state index contributed by atoms with van der Waals surface area (Å²) in [6.07, 6.45) is 3.51. The molecular weight excluding hydrogens is 236 g/mol. The van der Waals surface area contributed by atoms with Gasteiger partial charge in [-0.15, -0.1) is 0 Å². The van der Waals surface area contributed by atoms with Crippen LogP contribution >= 0.6 is 11.8 Å². The molecule has 2 bridgehead atoms. The lowest BCUT2D eigenvalue weighted by Crippen LogP contribution is -2.39. The smallest absolute Gasteiger partial charge is 0.276 e. The Morgan fingerprint density at radius 3 is 3.06 bits per heavy atom. The molecule has 4 rings (SSSR count). The van der Waals surface area contributed by atoms with Gasteiger partial charge in [-0.3, -0.25) is 4.79 Å². The summed E-state index contributed by atoms with van der Waals surface area (Å²) < 4.78 is 5.25. The summed E-state index contributed by atoms with van der Waals surface area (Å²) in [4.78, 5) is 14.3. The molecule has 1 aromatic heterocycles. The van der Waals surface area contributed by atoms with Crippen LogP contribution in [0.25, 0.3) is 0 Å². The van der Waals surface area contributed by atoms with E-state index in [0.717, 1.165) is 24.5 Å². The summed E-state index contributed by atoms with van der Waals surface area (Å²) in [5, 5.41) is 4.58. The second kappa shape index (κ2) is 3.51. The fourth-order valence-corrected chi connectivity index (χ4v) is 4.18. The van der Waals surface area contributed by atoms with Gasteiger partial charge in [0, 0.05) is 35.6 Å². The highest BCUT2D eigenvalue weighted by molar-refractivity contribution is 8.00. The van der Waals surface area contributed by atoms with Crippen molar-refractivity contribution in [3.05, 3.63) is 17.5 Å². The van der Waals surface area contributed by atoms with Crippen LogP contribution in [0.4, 0.5) is 0 Å². The lowest BCUT2D eigenvalue weighted by molar-refractivity contribution is 0.0737. The van der Waals surface area contributed by atoms with Gasteiger partial charge in [-0.05, 0) is 19.3 Å². The van der Waals surface area contributed by atoms with Gasteiger partial charge in [0.15, 0.2) is 5.69 Å². The molecule has 2 aliphatic heterocycles. The predicted molar refractivity (Wildman–Crippen MR) is 64.2 cm³/mol. The van der Waals surface area contributed by atoms with Crippen LogP contribution < -0.4 is 0 Å². The van der Waals surface area contributed by atoms with Gasteiger partial charge < -0.3 is 9.42 Å². The fraction of sp³-hybridized carbons (Fsp3) is 0.667. The van der Waals surface area contributed by atoms with Gasteiger partial charge in [0.2, 0.25) is 0 Å². The number of hydrogen-bond acceptors (Lipinski definition) is 4. The summed E-state index contributed by atoms with van der Waals surface area (Å²) in [5.41, 5.74) is 0.504. The van der Waals surface area contributed by atoms with Gasteiger partial charge in [0.25, 0.3) is 5.91 Å². The molecule has 17 heavy (non-hydrogen) atoms. The molecule has 0 spiro atoms. The Balaban J connectivity index is 1.55. The molecule has 1 amide bonds. The van der Waals surface area contributed by atoms with Crippen LogP contribution in [0.2, 0.25) is 0 Å². The van der Waals surface area contributed by atoms with Crippen LogP contribution in [0.1, 0.15) is 41.4 Å². The van der Waals surface area contributed by atoms with Crippen LogP contribution in [0.15, 0.2) is 10.6 Å². The molecule has 3 aliphatic rings. The van der Waals surface area contributed by atoms with Crippen molar-refractivity contribution < 1.29 is 9.32 Å². The predicted octanol–water partition coefficient (Wildman–Crippen LogP) is 1.88. The molecule has 90 valence electrons. The first-order valence-electron chi connectivity index (χ1n) is 6.20. The van der Waals surface area contributed by atoms with Crippen LogP contribution in [-0.4, -0.2) is 39.6 Å². The van der Waals surface area contributed by atoms with Gasteiger partial charge in [-0.1, -0.05) is 5.16 Å². The van der Waals surface area contributed by atoms with E-state index in [4.69, 9.17) is 4.52 Å². The zero-order chi connectivity index (χ0) is 11.4. The third-order valence-electron chi connectivity index (χ3n) is 3.89. The molecule has 1 aromatic rings. The first kappa shape index (κ1) is 10.00. The third kappa shape index (κ3) is 1.59. The summed E-state index contributed by atoms with van der Waals surface area (Å²) in [6, 6.07) is 2.28. The van der Waals surface area contributed by atoms with E-state index < -0.39 is 0 Å². The van der Waals surface area contributed by atoms with Crippen molar-refractivity contribution in [3.8, 4) is 0 Å². The second-order valence-corrected chi connectivity index (χ2v) is 6.52. The number of aromatic nitrogens is 1. The number of nitrogens with zero attached hydrogens (tertiary/aromatic N) is 2. The number of fused-ring (bicyclic) bond motifs is 2. The molecule has 2 unspecified atom stereocenters. The van der Waals surface area contributed by atoms with E-state index in [1.54, 1.807) is 0 Å². The van der Waals surface area contributed by atoms with Crippen molar-refractivity contribution >= 4 is 17.7 Å². The maximum absolute atomic E-state index is 12.3. The Bertz CT molecular complexity index is 469. The number of rotatable bonds is 2. The normalized spacial score (nSPS) is 31.2. The van der Waals surface area contributed by atoms with E-state index in [1.165, 1.54) is 12.8 Å². The average Bonchev–Trinajstić information content (AvgIpc) is 2.84. The minimum atomic E-state index is 0.0634. The van der Waals surface area contributed by atoms with E-state index in [9.17, 15) is 4.79 Å². The highest BCUT2D eigenvalue weighted by Crippen LogP contribution is 2.41. The molecule has 0 radical (unpaired) electrons. The van der Waals surface area contributed by atoms with Gasteiger partial charge in [-0.2, -0.15) is 11.8 Å². The van der Waals surface area contributed by atoms with Crippen LogP contribution in [0.3, 0.4) is 0 Å². The van der Waals surface area contributed by atoms with Gasteiger partial charge in [0.1, 0.15) is 5.76 Å². The molecule has 4 nitrogen and oxygen atoms in total. The summed E-state index contributed by atoms with van der Waals surface area (Å²) in [6.45, 7) is 0.889. The summed E-state index contributed by atoms with van der Waals surface area (Å²) in [7, 11) is 0. The molecule has 1 aliphatic carbocycles. The maximum atomic E-state index is 12.3. The SMILES string of the molecule is O=C(c1cc(C2CC2)on1)N1CC2CC1CS2. The van der Waals surface area contributed by atoms with Crippen LogP contribution in [0.5, 0.6) is 0 Å². The van der Waals surface area contributed by atoms with Gasteiger partial charge in [0.05, 0.1) is 0 Å². The molecule has 5 heteroatoms. The highest BCUT2D eigenvalue weighted by atomic mass is 32.2. The quantitative estimate of drug-likeness (QED) is 0.804. The van der Waals surface area contributed by atoms with Crippen molar-refractivity contribution in [2.24, 2.45) is 0 Å². The summed E-state index contributed by atoms with van der Waals surface area (Å²) in [5.74, 6) is 2.57. The van der Waals surface area contributed by atoms with E-state index >= 15 is 0 Å². The third-order valence-corrected chi connectivity index (χ3v) is 5.28. The minimum absolute atomic E-state index is 0.0634. The van der Waals surface area contributed by atoms with Crippen molar-refractivity contribution in [1.82, 2.24) is 10.1 Å². The van der Waals surface area contributed by atoms with Gasteiger partial charge >= 0.3 is 0 Å². The number of amides is 1. The Morgan fingerprint density at radius 1 is 1.53 bits per heavy atom. The Hall–Kier alpha value is -0.970. The average molecular weight is 250 g/mol. The number of thioether (sulfide) groups is 1. The standard InChI is InChI=1S/C12H14N2O2S/c15-12(14-5-9-3-8(14)6-17-9)10-4-11(16-13-10)7-1-2-7/h4,7-9H,1-3,5-6H2. The topological polar surface area (TPSA) is 46.3 Å². The van der Waals surface area contributed by atoms with E-state index in [0.29, 0.717) is 22.9 Å². The zero-order valence-corrected chi connectivity index (χ0v) is 10.3. The van der Waals surface area contributed by atoms with Crippen LogP contribution in [-0.2, 0) is 0 Å². The van der Waals surface area contributed by atoms with Gasteiger partial charge in [-0.25, -0.2) is 0 Å². The first-order chi connectivity index (χ1) is 8.31. The zero-order valence-electron chi connectivity index (χ0n) is 9.46. The monoisotopic (exact) mass is 250 g/mol. The molecular formula is C12H14N2O2S. The Labute approximate surface area is 104 Å². The molecule has 2 saturated heterocycles. The first-order valence-corrected chi connectivity index (χ1v) is 7.25. The van der Waals surface area contributed by atoms with Crippen molar-refractivity contribution in [2.45, 2.75) is 36.5 Å². The number of carbonyl (C=O) groups excluding carboxylic acids is 1. The van der Waals surface area contributed by atoms with Crippen molar-refractivity contribution in [3.63, 3.8) is 0 Å². The highest BCUT2D eigenvalue weighted by Gasteiger charge is 2.42. The van der Waals surface area contributed by atoms with Crippen molar-refractivity contribution in [2.75, 3.05) is 12.3 Å². The molecule has 0 aromatic carbocycles. The van der Waals surface area contributed by atoms with E-state index in [1.807, 2.05) is 22.7 Å².